The third-order valence-electron chi connectivity index (χ3n) is 8.48. The number of rotatable bonds is 8. The molecular formula is C33H40N4O4S. The summed E-state index contributed by atoms with van der Waals surface area (Å²) in [4.78, 5) is 49.6. The fourth-order valence-corrected chi connectivity index (χ4v) is 7.13. The SMILES string of the molecule is Cc1ncsc1-c1ccc(C(C)NC(=O)C2CC(O)CN2C(=O)C(C(C)C)N2Cc3ccccc3C2=O)c(C(C)C)c1. The summed E-state index contributed by atoms with van der Waals surface area (Å²) < 4.78 is 0. The quantitative estimate of drug-likeness (QED) is 0.383. The lowest BCUT2D eigenvalue weighted by Gasteiger charge is -2.35. The smallest absolute Gasteiger partial charge is 0.255 e. The van der Waals surface area contributed by atoms with Crippen molar-refractivity contribution in [2.75, 3.05) is 6.54 Å². The number of aromatic nitrogens is 1. The average molecular weight is 589 g/mol. The summed E-state index contributed by atoms with van der Waals surface area (Å²) in [5.74, 6) is -0.728. The lowest BCUT2D eigenvalue weighted by Crippen LogP contribution is -2.55. The topological polar surface area (TPSA) is 103 Å². The summed E-state index contributed by atoms with van der Waals surface area (Å²) in [7, 11) is 0. The normalized spacial score (nSPS) is 19.9. The Labute approximate surface area is 251 Å². The van der Waals surface area contributed by atoms with Crippen LogP contribution < -0.4 is 5.32 Å². The van der Waals surface area contributed by atoms with E-state index in [4.69, 9.17) is 0 Å². The first-order valence-corrected chi connectivity index (χ1v) is 15.6. The minimum Gasteiger partial charge on any atom is -0.391 e. The van der Waals surface area contributed by atoms with Crippen LogP contribution in [0.1, 0.15) is 85.7 Å². The number of nitrogens with one attached hydrogen (secondary N) is 1. The summed E-state index contributed by atoms with van der Waals surface area (Å²) in [6.45, 7) is 12.4. The van der Waals surface area contributed by atoms with Crippen LogP contribution in [0.15, 0.2) is 48.0 Å². The lowest BCUT2D eigenvalue weighted by molar-refractivity contribution is -0.143. The van der Waals surface area contributed by atoms with Gasteiger partial charge >= 0.3 is 0 Å². The lowest BCUT2D eigenvalue weighted by atomic mass is 9.91. The Morgan fingerprint density at radius 1 is 1.07 bits per heavy atom. The Morgan fingerprint density at radius 2 is 1.81 bits per heavy atom. The van der Waals surface area contributed by atoms with Gasteiger partial charge in [-0.15, -0.1) is 11.3 Å². The van der Waals surface area contributed by atoms with Crippen molar-refractivity contribution in [3.63, 3.8) is 0 Å². The van der Waals surface area contributed by atoms with Crippen molar-refractivity contribution in [3.05, 3.63) is 75.9 Å². The molecule has 3 aromatic rings. The first-order chi connectivity index (χ1) is 20.0. The van der Waals surface area contributed by atoms with Crippen LogP contribution in [0.4, 0.5) is 0 Å². The molecule has 4 unspecified atom stereocenters. The summed E-state index contributed by atoms with van der Waals surface area (Å²) in [5, 5.41) is 13.7. The zero-order valence-electron chi connectivity index (χ0n) is 25.1. The zero-order chi connectivity index (χ0) is 30.3. The highest BCUT2D eigenvalue weighted by Gasteiger charge is 2.46. The van der Waals surface area contributed by atoms with Crippen LogP contribution in [0.3, 0.4) is 0 Å². The molecule has 3 heterocycles. The van der Waals surface area contributed by atoms with Crippen LogP contribution in [0.25, 0.3) is 10.4 Å². The largest absolute Gasteiger partial charge is 0.391 e. The molecule has 9 heteroatoms. The molecule has 3 amide bonds. The fourth-order valence-electron chi connectivity index (χ4n) is 6.33. The van der Waals surface area contributed by atoms with E-state index in [-0.39, 0.29) is 48.6 Å². The number of nitrogens with zero attached hydrogens (tertiary/aromatic N) is 3. The zero-order valence-corrected chi connectivity index (χ0v) is 25.9. The van der Waals surface area contributed by atoms with Crippen molar-refractivity contribution in [1.29, 1.82) is 0 Å². The molecule has 2 aliphatic rings. The number of aliphatic hydroxyl groups is 1. The number of β-amino-alcohol motifs (C(OH)–C–C–N with tert-alkyl or cyclic N) is 1. The van der Waals surface area contributed by atoms with E-state index >= 15 is 0 Å². The van der Waals surface area contributed by atoms with E-state index in [0.717, 1.165) is 32.8 Å². The van der Waals surface area contributed by atoms with Crippen LogP contribution in [0.5, 0.6) is 0 Å². The molecule has 1 fully saturated rings. The van der Waals surface area contributed by atoms with E-state index in [1.165, 1.54) is 4.90 Å². The maximum absolute atomic E-state index is 14.0. The van der Waals surface area contributed by atoms with Crippen molar-refractivity contribution in [1.82, 2.24) is 20.1 Å². The Kier molecular flexibility index (Phi) is 8.53. The van der Waals surface area contributed by atoms with Crippen LogP contribution in [0, 0.1) is 12.8 Å². The molecule has 5 rings (SSSR count). The van der Waals surface area contributed by atoms with Gasteiger partial charge < -0.3 is 20.2 Å². The van der Waals surface area contributed by atoms with Gasteiger partial charge in [0.1, 0.15) is 12.1 Å². The fraction of sp³-hybridized carbons (Fsp3) is 0.455. The average Bonchev–Trinajstić information content (AvgIpc) is 3.65. The molecule has 222 valence electrons. The molecular weight excluding hydrogens is 548 g/mol. The number of hydrogen-bond donors (Lipinski definition) is 2. The summed E-state index contributed by atoms with van der Waals surface area (Å²) in [5.41, 5.74) is 7.60. The number of likely N-dealkylation sites (tertiary alicyclic amines) is 1. The third-order valence-corrected chi connectivity index (χ3v) is 9.45. The molecule has 4 atom stereocenters. The maximum atomic E-state index is 14.0. The Bertz CT molecular complexity index is 1500. The summed E-state index contributed by atoms with van der Waals surface area (Å²) >= 11 is 1.61. The molecule has 0 radical (unpaired) electrons. The second kappa shape index (κ2) is 12.0. The Balaban J connectivity index is 1.35. The number of carbonyl (C=O) groups excluding carboxylic acids is 3. The summed E-state index contributed by atoms with van der Waals surface area (Å²) in [6.07, 6.45) is -0.656. The standard InChI is InChI=1S/C33H40N4O4S/c1-18(2)27-13-22(30-21(6)34-17-42-30)11-12-25(27)20(5)35-31(39)28-14-24(38)16-36(28)33(41)29(19(3)4)37-15-23-9-7-8-10-26(23)32(37)40/h7-13,17-20,24,28-29,38H,14-16H2,1-6H3,(H,35,39). The molecule has 0 bridgehead atoms. The van der Waals surface area contributed by atoms with Gasteiger partial charge in [-0.2, -0.15) is 0 Å². The number of thiazole rings is 1. The molecule has 2 aliphatic heterocycles. The number of aryl methyl sites for hydroxylation is 1. The maximum Gasteiger partial charge on any atom is 0.255 e. The van der Waals surface area contributed by atoms with Gasteiger partial charge in [0.15, 0.2) is 0 Å². The van der Waals surface area contributed by atoms with E-state index in [0.29, 0.717) is 12.1 Å². The number of fused-ring (bicyclic) bond motifs is 1. The number of carbonyl (C=O) groups is 3. The van der Waals surface area contributed by atoms with E-state index < -0.39 is 18.2 Å². The number of aliphatic hydroxyl groups excluding tert-OH is 1. The predicted octanol–water partition coefficient (Wildman–Crippen LogP) is 5.06. The molecule has 42 heavy (non-hydrogen) atoms. The highest BCUT2D eigenvalue weighted by Crippen LogP contribution is 2.34. The molecule has 2 N–H and O–H groups in total. The van der Waals surface area contributed by atoms with Crippen molar-refractivity contribution in [3.8, 4) is 10.4 Å². The minimum atomic E-state index is -0.821. The predicted molar refractivity (Wildman–Crippen MR) is 164 cm³/mol. The number of amides is 3. The number of benzene rings is 2. The van der Waals surface area contributed by atoms with Gasteiger partial charge in [-0.1, -0.05) is 58.0 Å². The molecule has 0 aliphatic carbocycles. The third kappa shape index (κ3) is 5.60. The van der Waals surface area contributed by atoms with Crippen molar-refractivity contribution in [2.24, 2.45) is 5.92 Å². The van der Waals surface area contributed by atoms with Crippen LogP contribution in [0.2, 0.25) is 0 Å². The van der Waals surface area contributed by atoms with Crippen LogP contribution >= 0.6 is 11.3 Å². The molecule has 8 nitrogen and oxygen atoms in total. The van der Waals surface area contributed by atoms with Gasteiger partial charge in [-0.25, -0.2) is 4.98 Å². The Hall–Kier alpha value is -3.56. The second-order valence-electron chi connectivity index (χ2n) is 12.2. The first kappa shape index (κ1) is 29.9. The van der Waals surface area contributed by atoms with Crippen molar-refractivity contribution in [2.45, 2.75) is 84.7 Å². The van der Waals surface area contributed by atoms with E-state index in [1.54, 1.807) is 22.3 Å². The molecule has 0 spiro atoms. The van der Waals surface area contributed by atoms with Gasteiger partial charge in [0.05, 0.1) is 28.2 Å². The monoisotopic (exact) mass is 588 g/mol. The minimum absolute atomic E-state index is 0.0592. The molecule has 1 aromatic heterocycles. The Morgan fingerprint density at radius 3 is 2.45 bits per heavy atom. The van der Waals surface area contributed by atoms with Crippen LogP contribution in [-0.2, 0) is 16.1 Å². The number of hydrogen-bond acceptors (Lipinski definition) is 6. The van der Waals surface area contributed by atoms with Gasteiger partial charge in [0.2, 0.25) is 11.8 Å². The van der Waals surface area contributed by atoms with Crippen LogP contribution in [-0.4, -0.2) is 62.3 Å². The summed E-state index contributed by atoms with van der Waals surface area (Å²) in [6, 6.07) is 11.8. The van der Waals surface area contributed by atoms with E-state index in [2.05, 4.69) is 42.3 Å². The molecule has 2 aromatic carbocycles. The molecule has 0 saturated carbocycles. The first-order valence-electron chi connectivity index (χ1n) is 14.7. The van der Waals surface area contributed by atoms with Crippen molar-refractivity contribution < 1.29 is 19.5 Å². The van der Waals surface area contributed by atoms with Gasteiger partial charge in [-0.3, -0.25) is 14.4 Å². The second-order valence-corrected chi connectivity index (χ2v) is 13.0. The highest BCUT2D eigenvalue weighted by atomic mass is 32.1. The van der Waals surface area contributed by atoms with E-state index in [1.807, 2.05) is 51.4 Å². The van der Waals surface area contributed by atoms with Crippen molar-refractivity contribution >= 4 is 29.1 Å². The van der Waals surface area contributed by atoms with E-state index in [9.17, 15) is 19.5 Å². The van der Waals surface area contributed by atoms with Gasteiger partial charge in [-0.05, 0) is 60.1 Å². The highest BCUT2D eigenvalue weighted by molar-refractivity contribution is 7.13. The van der Waals surface area contributed by atoms with Gasteiger partial charge in [0.25, 0.3) is 5.91 Å². The van der Waals surface area contributed by atoms with Gasteiger partial charge in [0, 0.05) is 25.1 Å². The molecule has 1 saturated heterocycles.